The van der Waals surface area contributed by atoms with Gasteiger partial charge in [-0.15, -0.1) is 11.3 Å². The molecule has 4 rings (SSSR count). The molecule has 0 saturated carbocycles. The number of aromatic nitrogens is 2. The molecule has 0 bridgehead atoms. The summed E-state index contributed by atoms with van der Waals surface area (Å²) in [5.74, 6) is 0.789. The van der Waals surface area contributed by atoms with Crippen molar-refractivity contribution in [1.82, 2.24) is 9.38 Å². The van der Waals surface area contributed by atoms with Gasteiger partial charge in [0.2, 0.25) is 0 Å². The molecule has 0 fully saturated rings. The van der Waals surface area contributed by atoms with Gasteiger partial charge in [0.25, 0.3) is 0 Å². The average Bonchev–Trinajstić information content (AvgIpc) is 3.04. The fraction of sp³-hybridized carbons (Fsp3) is 0.450. The van der Waals surface area contributed by atoms with E-state index in [1.807, 2.05) is 11.3 Å². The van der Waals surface area contributed by atoms with Crippen molar-refractivity contribution >= 4 is 16.3 Å². The van der Waals surface area contributed by atoms with E-state index in [9.17, 15) is 0 Å². The molecular formula is C20H25N3S. The molecule has 1 aromatic carbocycles. The molecule has 0 radical (unpaired) electrons. The highest BCUT2D eigenvalue weighted by Gasteiger charge is 2.25. The summed E-state index contributed by atoms with van der Waals surface area (Å²) in [5.41, 5.74) is 13.7. The molecule has 2 aromatic heterocycles. The standard InChI is InChI=1S/C20H25N3S/c1-12-4-6-15(14(3)10-12)19-17(8-9-21)23-16-7-5-13(2)11-18(16)24-20(23)22-19/h4,6,10,13H,5,7-9,11,21H2,1-3H3. The van der Waals surface area contributed by atoms with Crippen molar-refractivity contribution in [2.24, 2.45) is 11.7 Å². The van der Waals surface area contributed by atoms with E-state index in [4.69, 9.17) is 10.7 Å². The Morgan fingerprint density at radius 3 is 2.92 bits per heavy atom. The zero-order chi connectivity index (χ0) is 16.8. The van der Waals surface area contributed by atoms with Crippen LogP contribution in [0.3, 0.4) is 0 Å². The third-order valence-electron chi connectivity index (χ3n) is 5.17. The number of imidazole rings is 1. The molecule has 3 aromatic rings. The van der Waals surface area contributed by atoms with Crippen LogP contribution in [-0.2, 0) is 19.3 Å². The van der Waals surface area contributed by atoms with Gasteiger partial charge in [0.05, 0.1) is 11.4 Å². The summed E-state index contributed by atoms with van der Waals surface area (Å²) in [4.78, 5) is 7.72. The van der Waals surface area contributed by atoms with Crippen molar-refractivity contribution in [1.29, 1.82) is 0 Å². The number of hydrogen-bond donors (Lipinski definition) is 1. The Morgan fingerprint density at radius 1 is 1.33 bits per heavy atom. The van der Waals surface area contributed by atoms with Gasteiger partial charge in [0, 0.05) is 22.6 Å². The first-order valence-electron chi connectivity index (χ1n) is 8.88. The van der Waals surface area contributed by atoms with Crippen molar-refractivity contribution in [2.45, 2.75) is 46.5 Å². The number of nitrogens with two attached hydrogens (primary N) is 1. The Morgan fingerprint density at radius 2 is 2.17 bits per heavy atom. The Labute approximate surface area is 147 Å². The maximum atomic E-state index is 5.95. The first-order chi connectivity index (χ1) is 11.6. The summed E-state index contributed by atoms with van der Waals surface area (Å²) in [6.45, 7) is 7.33. The summed E-state index contributed by atoms with van der Waals surface area (Å²) in [7, 11) is 0. The fourth-order valence-electron chi connectivity index (χ4n) is 3.95. The number of nitrogens with zero attached hydrogens (tertiary/aromatic N) is 2. The van der Waals surface area contributed by atoms with Gasteiger partial charge in [-0.2, -0.15) is 0 Å². The minimum Gasteiger partial charge on any atom is -0.330 e. The maximum Gasteiger partial charge on any atom is 0.194 e. The summed E-state index contributed by atoms with van der Waals surface area (Å²) < 4.78 is 2.42. The molecule has 0 saturated heterocycles. The Hall–Kier alpha value is -1.65. The Balaban J connectivity index is 1.93. The topological polar surface area (TPSA) is 43.3 Å². The van der Waals surface area contributed by atoms with E-state index in [-0.39, 0.29) is 0 Å². The molecule has 1 atom stereocenters. The first kappa shape index (κ1) is 15.9. The third-order valence-corrected chi connectivity index (χ3v) is 6.28. The molecule has 0 aliphatic heterocycles. The van der Waals surface area contributed by atoms with Crippen LogP contribution in [0.2, 0.25) is 0 Å². The van der Waals surface area contributed by atoms with Gasteiger partial charge in [-0.25, -0.2) is 4.98 Å². The molecule has 1 aliphatic carbocycles. The number of hydrogen-bond acceptors (Lipinski definition) is 3. The number of fused-ring (bicyclic) bond motifs is 3. The van der Waals surface area contributed by atoms with Crippen LogP contribution in [0, 0.1) is 19.8 Å². The second-order valence-corrected chi connectivity index (χ2v) is 8.26. The predicted molar refractivity (Wildman–Crippen MR) is 102 cm³/mol. The Bertz CT molecular complexity index is 903. The lowest BCUT2D eigenvalue weighted by Gasteiger charge is -2.18. The number of aryl methyl sites for hydroxylation is 3. The number of rotatable bonds is 3. The molecule has 126 valence electrons. The van der Waals surface area contributed by atoms with Crippen LogP contribution >= 0.6 is 11.3 Å². The fourth-order valence-corrected chi connectivity index (χ4v) is 5.29. The van der Waals surface area contributed by atoms with Crippen LogP contribution in [0.5, 0.6) is 0 Å². The van der Waals surface area contributed by atoms with Crippen LogP contribution in [0.25, 0.3) is 16.2 Å². The summed E-state index contributed by atoms with van der Waals surface area (Å²) in [6, 6.07) is 6.64. The highest BCUT2D eigenvalue weighted by Crippen LogP contribution is 2.37. The van der Waals surface area contributed by atoms with Gasteiger partial charge in [-0.1, -0.05) is 30.7 Å². The second-order valence-electron chi connectivity index (χ2n) is 7.20. The van der Waals surface area contributed by atoms with E-state index in [0.717, 1.165) is 29.4 Å². The third kappa shape index (κ3) is 2.49. The van der Waals surface area contributed by atoms with Crippen molar-refractivity contribution in [3.63, 3.8) is 0 Å². The van der Waals surface area contributed by atoms with Crippen LogP contribution in [0.15, 0.2) is 18.2 Å². The number of thiazole rings is 1. The van der Waals surface area contributed by atoms with Crippen molar-refractivity contribution in [3.8, 4) is 11.3 Å². The van der Waals surface area contributed by atoms with E-state index < -0.39 is 0 Å². The molecule has 1 unspecified atom stereocenters. The monoisotopic (exact) mass is 339 g/mol. The summed E-state index contributed by atoms with van der Waals surface area (Å²) >= 11 is 1.88. The average molecular weight is 340 g/mol. The number of benzene rings is 1. The van der Waals surface area contributed by atoms with Crippen LogP contribution in [0.1, 0.15) is 40.7 Å². The normalized spacial score (nSPS) is 17.4. The maximum absolute atomic E-state index is 5.95. The van der Waals surface area contributed by atoms with Gasteiger partial charge in [0.1, 0.15) is 0 Å². The van der Waals surface area contributed by atoms with E-state index in [0.29, 0.717) is 6.54 Å². The molecule has 3 nitrogen and oxygen atoms in total. The molecule has 2 N–H and O–H groups in total. The molecule has 0 spiro atoms. The largest absolute Gasteiger partial charge is 0.330 e. The van der Waals surface area contributed by atoms with Gasteiger partial charge in [-0.05, 0) is 51.1 Å². The molecule has 4 heteroatoms. The van der Waals surface area contributed by atoms with Crippen molar-refractivity contribution in [2.75, 3.05) is 6.54 Å². The van der Waals surface area contributed by atoms with Crippen molar-refractivity contribution < 1.29 is 0 Å². The quantitative estimate of drug-likeness (QED) is 0.773. The second kappa shape index (κ2) is 6.01. The van der Waals surface area contributed by atoms with Crippen LogP contribution < -0.4 is 5.73 Å². The van der Waals surface area contributed by atoms with E-state index >= 15 is 0 Å². The van der Waals surface area contributed by atoms with E-state index in [1.54, 1.807) is 0 Å². The highest BCUT2D eigenvalue weighted by atomic mass is 32.1. The van der Waals surface area contributed by atoms with Crippen LogP contribution in [-0.4, -0.2) is 15.9 Å². The zero-order valence-corrected chi connectivity index (χ0v) is 15.5. The van der Waals surface area contributed by atoms with Gasteiger partial charge in [-0.3, -0.25) is 4.40 Å². The lowest BCUT2D eigenvalue weighted by atomic mass is 9.92. The van der Waals surface area contributed by atoms with Gasteiger partial charge >= 0.3 is 0 Å². The van der Waals surface area contributed by atoms with E-state index in [2.05, 4.69) is 43.4 Å². The highest BCUT2D eigenvalue weighted by molar-refractivity contribution is 7.17. The van der Waals surface area contributed by atoms with Crippen LogP contribution in [0.4, 0.5) is 0 Å². The lowest BCUT2D eigenvalue weighted by Crippen LogP contribution is -2.13. The first-order valence-corrected chi connectivity index (χ1v) is 9.69. The summed E-state index contributed by atoms with van der Waals surface area (Å²) in [5, 5.41) is 0. The van der Waals surface area contributed by atoms with Gasteiger partial charge < -0.3 is 5.73 Å². The lowest BCUT2D eigenvalue weighted by molar-refractivity contribution is 0.498. The molecule has 0 amide bonds. The van der Waals surface area contributed by atoms with E-state index in [1.165, 1.54) is 45.8 Å². The molecule has 24 heavy (non-hydrogen) atoms. The molecular weight excluding hydrogens is 314 g/mol. The Kier molecular flexibility index (Phi) is 3.97. The molecule has 2 heterocycles. The predicted octanol–water partition coefficient (Wildman–Crippen LogP) is 4.31. The smallest absolute Gasteiger partial charge is 0.194 e. The van der Waals surface area contributed by atoms with Crippen molar-refractivity contribution in [3.05, 3.63) is 45.6 Å². The minimum absolute atomic E-state index is 0.659. The minimum atomic E-state index is 0.659. The van der Waals surface area contributed by atoms with Gasteiger partial charge in [0.15, 0.2) is 4.96 Å². The zero-order valence-electron chi connectivity index (χ0n) is 14.7. The molecule has 1 aliphatic rings. The SMILES string of the molecule is Cc1ccc(-c2nc3sc4c(n3c2CCN)CCC(C)C4)c(C)c1. The summed E-state index contributed by atoms with van der Waals surface area (Å²) in [6.07, 6.45) is 4.52.